The molecule has 47 valence electrons. The Morgan fingerprint density at radius 1 is 1.56 bits per heavy atom. The number of nitrogens with two attached hydrogens (primary N) is 1. The van der Waals surface area contributed by atoms with E-state index in [4.69, 9.17) is 5.73 Å². The maximum atomic E-state index is 5.36. The van der Waals surface area contributed by atoms with Crippen molar-refractivity contribution in [1.29, 1.82) is 0 Å². The van der Waals surface area contributed by atoms with E-state index >= 15 is 0 Å². The van der Waals surface area contributed by atoms with Gasteiger partial charge in [-0.25, -0.2) is 0 Å². The van der Waals surface area contributed by atoms with Gasteiger partial charge < -0.3 is 5.73 Å². The molecule has 0 aliphatic carbocycles. The molecule has 0 heterocycles. The Hall–Kier alpha value is -0.340. The lowest BCUT2D eigenvalue weighted by Crippen LogP contribution is -1.94. The van der Waals surface area contributed by atoms with Gasteiger partial charge in [-0.3, -0.25) is 0 Å². The molecule has 2 heteroatoms. The lowest BCUT2D eigenvalue weighted by Gasteiger charge is -1.92. The molecule has 0 saturated heterocycles. The van der Waals surface area contributed by atoms with Gasteiger partial charge in [0.25, 0.3) is 0 Å². The molecule has 1 nitrogen and oxygen atoms in total. The van der Waals surface area contributed by atoms with E-state index in [2.05, 4.69) is 22.0 Å². The van der Waals surface area contributed by atoms with Crippen LogP contribution in [0.3, 0.4) is 0 Å². The molecule has 0 aliphatic heterocycles. The van der Waals surface area contributed by atoms with Crippen molar-refractivity contribution in [3.8, 4) is 0 Å². The van der Waals surface area contributed by atoms with Gasteiger partial charge in [-0.05, 0) is 23.8 Å². The highest BCUT2D eigenvalue weighted by Gasteiger charge is 1.86. The molecule has 0 fully saturated rings. The predicted molar refractivity (Wildman–Crippen MR) is 40.9 cm³/mol. The minimum absolute atomic E-state index is 0.587. The van der Waals surface area contributed by atoms with Crippen LogP contribution in [0, 0.1) is 6.07 Å². The predicted octanol–water partition coefficient (Wildman–Crippen LogP) is 1.71. The molecule has 1 radical (unpaired) electrons. The molecule has 1 rings (SSSR count). The van der Waals surface area contributed by atoms with Crippen LogP contribution in [0.1, 0.15) is 5.56 Å². The number of hydrogen-bond acceptors (Lipinski definition) is 1. The van der Waals surface area contributed by atoms with Crippen molar-refractivity contribution in [3.05, 3.63) is 34.3 Å². The van der Waals surface area contributed by atoms with E-state index in [0.29, 0.717) is 6.54 Å². The average Bonchev–Trinajstić information content (AvgIpc) is 1.90. The van der Waals surface area contributed by atoms with E-state index < -0.39 is 0 Å². The minimum Gasteiger partial charge on any atom is -0.326 e. The van der Waals surface area contributed by atoms with Gasteiger partial charge in [0.2, 0.25) is 0 Å². The van der Waals surface area contributed by atoms with Gasteiger partial charge in [0.1, 0.15) is 0 Å². The highest BCUT2D eigenvalue weighted by molar-refractivity contribution is 9.10. The zero-order valence-corrected chi connectivity index (χ0v) is 6.48. The Balaban J connectivity index is 2.88. The smallest absolute Gasteiger partial charge is 0.0254 e. The summed E-state index contributed by atoms with van der Waals surface area (Å²) < 4.78 is 0.972. The Labute approximate surface area is 63.0 Å². The highest BCUT2D eigenvalue weighted by Crippen LogP contribution is 2.08. The summed E-state index contributed by atoms with van der Waals surface area (Å²) in [6, 6.07) is 8.77. The first-order chi connectivity index (χ1) is 4.33. The molecule has 1 aromatic rings. The third-order valence-electron chi connectivity index (χ3n) is 1.07. The fraction of sp³-hybridized carbons (Fsp3) is 0.143. The second-order valence-electron chi connectivity index (χ2n) is 1.75. The lowest BCUT2D eigenvalue weighted by atomic mass is 10.2. The van der Waals surface area contributed by atoms with Crippen molar-refractivity contribution in [2.45, 2.75) is 6.54 Å². The van der Waals surface area contributed by atoms with Crippen LogP contribution in [-0.4, -0.2) is 0 Å². The number of benzene rings is 1. The maximum absolute atomic E-state index is 5.36. The summed E-state index contributed by atoms with van der Waals surface area (Å²) in [6.45, 7) is 0.587. The first-order valence-corrected chi connectivity index (χ1v) is 3.48. The fourth-order valence-electron chi connectivity index (χ4n) is 0.565. The van der Waals surface area contributed by atoms with E-state index in [9.17, 15) is 0 Å². The SMILES string of the molecule is NCc1c[c]c(Br)cc1. The van der Waals surface area contributed by atoms with Crippen LogP contribution in [0.2, 0.25) is 0 Å². The Kier molecular flexibility index (Phi) is 2.25. The average molecular weight is 185 g/mol. The lowest BCUT2D eigenvalue weighted by molar-refractivity contribution is 1.07. The van der Waals surface area contributed by atoms with Crippen LogP contribution >= 0.6 is 15.9 Å². The molecule has 9 heavy (non-hydrogen) atoms. The van der Waals surface area contributed by atoms with Crippen molar-refractivity contribution in [3.63, 3.8) is 0 Å². The van der Waals surface area contributed by atoms with Gasteiger partial charge in [-0.1, -0.05) is 22.0 Å². The Morgan fingerprint density at radius 2 is 2.33 bits per heavy atom. The van der Waals surface area contributed by atoms with Crippen molar-refractivity contribution >= 4 is 15.9 Å². The summed E-state index contributed by atoms with van der Waals surface area (Å²) in [7, 11) is 0. The first-order valence-electron chi connectivity index (χ1n) is 2.69. The third kappa shape index (κ3) is 1.80. The van der Waals surface area contributed by atoms with Crippen LogP contribution in [0.25, 0.3) is 0 Å². The molecule has 0 amide bonds. The molecule has 0 bridgehead atoms. The normalized spacial score (nSPS) is 9.56. The summed E-state index contributed by atoms with van der Waals surface area (Å²) in [5, 5.41) is 0. The van der Waals surface area contributed by atoms with E-state index in [0.717, 1.165) is 10.0 Å². The third-order valence-corrected chi connectivity index (χ3v) is 1.57. The van der Waals surface area contributed by atoms with Crippen molar-refractivity contribution in [2.75, 3.05) is 0 Å². The molecule has 0 unspecified atom stereocenters. The van der Waals surface area contributed by atoms with Gasteiger partial charge in [-0.2, -0.15) is 0 Å². The summed E-state index contributed by atoms with van der Waals surface area (Å²) in [6.07, 6.45) is 0. The van der Waals surface area contributed by atoms with Crippen LogP contribution < -0.4 is 5.73 Å². The zero-order valence-electron chi connectivity index (χ0n) is 4.89. The van der Waals surface area contributed by atoms with E-state index in [1.807, 2.05) is 18.2 Å². The van der Waals surface area contributed by atoms with Crippen molar-refractivity contribution < 1.29 is 0 Å². The Morgan fingerprint density at radius 3 is 2.78 bits per heavy atom. The summed E-state index contributed by atoms with van der Waals surface area (Å²) >= 11 is 3.28. The van der Waals surface area contributed by atoms with Gasteiger partial charge in [-0.15, -0.1) is 0 Å². The maximum Gasteiger partial charge on any atom is 0.0254 e. The zero-order chi connectivity index (χ0) is 6.69. The van der Waals surface area contributed by atoms with Gasteiger partial charge in [0.15, 0.2) is 0 Å². The van der Waals surface area contributed by atoms with Crippen LogP contribution in [0.5, 0.6) is 0 Å². The van der Waals surface area contributed by atoms with Crippen LogP contribution in [0.4, 0.5) is 0 Å². The molecule has 0 spiro atoms. The minimum atomic E-state index is 0.587. The fourth-order valence-corrected chi connectivity index (χ4v) is 0.812. The molecule has 0 aromatic heterocycles. The number of halogens is 1. The number of rotatable bonds is 1. The molecule has 0 aliphatic rings. The first kappa shape index (κ1) is 6.78. The van der Waals surface area contributed by atoms with E-state index in [1.54, 1.807) is 0 Å². The monoisotopic (exact) mass is 184 g/mol. The summed E-state index contributed by atoms with van der Waals surface area (Å²) in [5.41, 5.74) is 6.47. The topological polar surface area (TPSA) is 26.0 Å². The Bertz CT molecular complexity index is 181. The van der Waals surface area contributed by atoms with E-state index in [1.165, 1.54) is 0 Å². The van der Waals surface area contributed by atoms with Gasteiger partial charge in [0.05, 0.1) is 0 Å². The molecule has 2 N–H and O–H groups in total. The summed E-state index contributed by atoms with van der Waals surface area (Å²) in [5.74, 6) is 0. The standard InChI is InChI=1S/C7H7BrN/c8-7-3-1-6(5-9)2-4-7/h1-3H,5,9H2. The molecule has 0 atom stereocenters. The van der Waals surface area contributed by atoms with Crippen molar-refractivity contribution in [1.82, 2.24) is 0 Å². The second-order valence-corrected chi connectivity index (χ2v) is 2.60. The van der Waals surface area contributed by atoms with Crippen LogP contribution in [0.15, 0.2) is 22.7 Å². The summed E-state index contributed by atoms with van der Waals surface area (Å²) in [4.78, 5) is 0. The van der Waals surface area contributed by atoms with Crippen LogP contribution in [-0.2, 0) is 6.54 Å². The molecular formula is C7H7BrN. The van der Waals surface area contributed by atoms with Crippen molar-refractivity contribution in [2.24, 2.45) is 5.73 Å². The number of hydrogen-bond donors (Lipinski definition) is 1. The molecule has 1 aromatic carbocycles. The van der Waals surface area contributed by atoms with E-state index in [-0.39, 0.29) is 0 Å². The molecular weight excluding hydrogens is 178 g/mol. The van der Waals surface area contributed by atoms with Gasteiger partial charge >= 0.3 is 0 Å². The quantitative estimate of drug-likeness (QED) is 0.707. The largest absolute Gasteiger partial charge is 0.326 e. The second kappa shape index (κ2) is 2.99. The van der Waals surface area contributed by atoms with Gasteiger partial charge in [0, 0.05) is 11.0 Å². The highest BCUT2D eigenvalue weighted by atomic mass is 79.9. The molecule has 0 saturated carbocycles.